The van der Waals surface area contributed by atoms with E-state index in [0.717, 1.165) is 12.1 Å². The van der Waals surface area contributed by atoms with Crippen molar-refractivity contribution in [2.75, 3.05) is 37.7 Å². The molecule has 2 aromatic carbocycles. The SMILES string of the molecule is O=C(OCC(=O)N1CCN(c2cccc(C(F)(F)F)c2)CC1)c1ccc(Cl)cc1O. The second-order valence-corrected chi connectivity index (χ2v) is 7.09. The van der Waals surface area contributed by atoms with Gasteiger partial charge in [-0.05, 0) is 36.4 Å². The minimum atomic E-state index is -4.42. The number of alkyl halides is 3. The molecule has 160 valence electrons. The summed E-state index contributed by atoms with van der Waals surface area (Å²) in [6.45, 7) is 0.736. The number of phenols is 1. The van der Waals surface area contributed by atoms with Gasteiger partial charge in [0.25, 0.3) is 5.91 Å². The van der Waals surface area contributed by atoms with Crippen molar-refractivity contribution < 1.29 is 32.6 Å². The maximum Gasteiger partial charge on any atom is 0.416 e. The predicted molar refractivity (Wildman–Crippen MR) is 104 cm³/mol. The molecule has 0 bridgehead atoms. The summed E-state index contributed by atoms with van der Waals surface area (Å²) in [6.07, 6.45) is -4.42. The summed E-state index contributed by atoms with van der Waals surface area (Å²) in [5.74, 6) is -1.64. The van der Waals surface area contributed by atoms with Gasteiger partial charge >= 0.3 is 12.1 Å². The fourth-order valence-electron chi connectivity index (χ4n) is 3.07. The number of hydrogen-bond acceptors (Lipinski definition) is 5. The van der Waals surface area contributed by atoms with Crippen LogP contribution in [0.15, 0.2) is 42.5 Å². The van der Waals surface area contributed by atoms with E-state index >= 15 is 0 Å². The van der Waals surface area contributed by atoms with Gasteiger partial charge in [-0.25, -0.2) is 4.79 Å². The van der Waals surface area contributed by atoms with E-state index in [-0.39, 0.29) is 29.4 Å². The third kappa shape index (κ3) is 5.15. The highest BCUT2D eigenvalue weighted by atomic mass is 35.5. The molecule has 0 unspecified atom stereocenters. The number of halogens is 4. The van der Waals surface area contributed by atoms with Gasteiger partial charge in [-0.2, -0.15) is 13.2 Å². The molecule has 0 atom stereocenters. The molecule has 3 rings (SSSR count). The number of hydrogen-bond donors (Lipinski definition) is 1. The molecule has 1 fully saturated rings. The van der Waals surface area contributed by atoms with Crippen LogP contribution < -0.4 is 4.90 Å². The first-order chi connectivity index (χ1) is 14.1. The third-order valence-corrected chi connectivity index (χ3v) is 4.91. The predicted octanol–water partition coefficient (Wildman–Crippen LogP) is 3.57. The van der Waals surface area contributed by atoms with Gasteiger partial charge in [0.15, 0.2) is 6.61 Å². The van der Waals surface area contributed by atoms with E-state index in [9.17, 15) is 27.9 Å². The third-order valence-electron chi connectivity index (χ3n) is 4.68. The highest BCUT2D eigenvalue weighted by Gasteiger charge is 2.31. The van der Waals surface area contributed by atoms with Gasteiger partial charge in [-0.15, -0.1) is 0 Å². The summed E-state index contributed by atoms with van der Waals surface area (Å²) in [5.41, 5.74) is -0.404. The molecule has 1 heterocycles. The molecule has 0 saturated carbocycles. The van der Waals surface area contributed by atoms with Crippen LogP contribution in [-0.2, 0) is 15.7 Å². The fourth-order valence-corrected chi connectivity index (χ4v) is 3.23. The minimum absolute atomic E-state index is 0.110. The monoisotopic (exact) mass is 442 g/mol. The number of rotatable bonds is 4. The molecular formula is C20H18ClF3N2O4. The van der Waals surface area contributed by atoms with Gasteiger partial charge in [0.05, 0.1) is 5.56 Å². The van der Waals surface area contributed by atoms with Crippen molar-refractivity contribution in [2.24, 2.45) is 0 Å². The van der Waals surface area contributed by atoms with Crippen molar-refractivity contribution in [3.8, 4) is 5.75 Å². The molecule has 30 heavy (non-hydrogen) atoms. The lowest BCUT2D eigenvalue weighted by Crippen LogP contribution is -2.50. The van der Waals surface area contributed by atoms with Crippen LogP contribution in [0.4, 0.5) is 18.9 Å². The number of carbonyl (C=O) groups is 2. The number of ether oxygens (including phenoxy) is 1. The lowest BCUT2D eigenvalue weighted by Gasteiger charge is -2.36. The van der Waals surface area contributed by atoms with E-state index in [1.54, 1.807) is 11.0 Å². The molecule has 0 radical (unpaired) electrons. The van der Waals surface area contributed by atoms with Gasteiger partial charge < -0.3 is 19.6 Å². The zero-order valence-electron chi connectivity index (χ0n) is 15.7. The number of anilines is 1. The van der Waals surface area contributed by atoms with Crippen molar-refractivity contribution in [3.63, 3.8) is 0 Å². The molecule has 1 amide bonds. The lowest BCUT2D eigenvalue weighted by molar-refractivity contribution is -0.137. The normalized spacial score (nSPS) is 14.5. The van der Waals surface area contributed by atoms with Gasteiger partial charge in [-0.1, -0.05) is 17.7 Å². The average molecular weight is 443 g/mol. The molecular weight excluding hydrogens is 425 g/mol. The van der Waals surface area contributed by atoms with Gasteiger partial charge in [0.2, 0.25) is 0 Å². The van der Waals surface area contributed by atoms with Crippen molar-refractivity contribution in [2.45, 2.75) is 6.18 Å². The van der Waals surface area contributed by atoms with Crippen molar-refractivity contribution in [1.29, 1.82) is 0 Å². The topological polar surface area (TPSA) is 70.1 Å². The van der Waals surface area contributed by atoms with Crippen LogP contribution in [0.25, 0.3) is 0 Å². The minimum Gasteiger partial charge on any atom is -0.507 e. The van der Waals surface area contributed by atoms with Crippen LogP contribution in [0.5, 0.6) is 5.75 Å². The highest BCUT2D eigenvalue weighted by Crippen LogP contribution is 2.32. The van der Waals surface area contributed by atoms with Crippen molar-refractivity contribution in [1.82, 2.24) is 4.90 Å². The van der Waals surface area contributed by atoms with Crippen LogP contribution in [0.2, 0.25) is 5.02 Å². The van der Waals surface area contributed by atoms with Crippen LogP contribution in [-0.4, -0.2) is 54.7 Å². The van der Waals surface area contributed by atoms with Crippen LogP contribution in [0.3, 0.4) is 0 Å². The van der Waals surface area contributed by atoms with Crippen LogP contribution in [0, 0.1) is 0 Å². The van der Waals surface area contributed by atoms with E-state index in [2.05, 4.69) is 0 Å². The van der Waals surface area contributed by atoms with E-state index in [1.807, 2.05) is 0 Å². The smallest absolute Gasteiger partial charge is 0.416 e. The second-order valence-electron chi connectivity index (χ2n) is 6.65. The van der Waals surface area contributed by atoms with Crippen molar-refractivity contribution in [3.05, 3.63) is 58.6 Å². The Morgan fingerprint density at radius 2 is 1.77 bits per heavy atom. The molecule has 1 aliphatic heterocycles. The molecule has 1 aliphatic rings. The number of aromatic hydroxyl groups is 1. The largest absolute Gasteiger partial charge is 0.507 e. The fraction of sp³-hybridized carbons (Fsp3) is 0.300. The summed E-state index contributed by atoms with van der Waals surface area (Å²) in [7, 11) is 0. The Hall–Kier alpha value is -2.94. The van der Waals surface area contributed by atoms with E-state index in [0.29, 0.717) is 18.8 Å². The van der Waals surface area contributed by atoms with E-state index in [4.69, 9.17) is 16.3 Å². The maximum absolute atomic E-state index is 12.9. The Labute approximate surface area is 175 Å². The van der Waals surface area contributed by atoms with Crippen LogP contribution in [0.1, 0.15) is 15.9 Å². The van der Waals surface area contributed by atoms with E-state index < -0.39 is 30.2 Å². The summed E-state index contributed by atoms with van der Waals surface area (Å²) >= 11 is 5.71. The maximum atomic E-state index is 12.9. The standard InChI is InChI=1S/C20H18ClF3N2O4/c21-14-4-5-16(17(27)11-14)19(29)30-12-18(28)26-8-6-25(7-9-26)15-3-1-2-13(10-15)20(22,23)24/h1-5,10-11,27H,6-9,12H2. The van der Waals surface area contributed by atoms with Crippen LogP contribution >= 0.6 is 11.6 Å². The van der Waals surface area contributed by atoms with Gasteiger partial charge in [0.1, 0.15) is 11.3 Å². The number of benzene rings is 2. The lowest BCUT2D eigenvalue weighted by atomic mass is 10.1. The number of nitrogens with zero attached hydrogens (tertiary/aromatic N) is 2. The molecule has 2 aromatic rings. The first-order valence-corrected chi connectivity index (χ1v) is 9.38. The number of carbonyl (C=O) groups excluding carboxylic acids is 2. The highest BCUT2D eigenvalue weighted by molar-refractivity contribution is 6.30. The quantitative estimate of drug-likeness (QED) is 0.733. The Balaban J connectivity index is 1.52. The molecule has 6 nitrogen and oxygen atoms in total. The molecule has 0 spiro atoms. The molecule has 1 N–H and O–H groups in total. The first kappa shape index (κ1) is 21.8. The summed E-state index contributed by atoms with van der Waals surface area (Å²) in [4.78, 5) is 27.5. The molecule has 10 heteroatoms. The average Bonchev–Trinajstić information content (AvgIpc) is 2.71. The summed E-state index contributed by atoms with van der Waals surface area (Å²) in [6, 6.07) is 8.92. The zero-order chi connectivity index (χ0) is 21.9. The Bertz CT molecular complexity index is 944. The molecule has 0 aliphatic carbocycles. The number of phenolic OH excluding ortho intramolecular Hbond substituents is 1. The summed E-state index contributed by atoms with van der Waals surface area (Å²) in [5, 5.41) is 9.98. The summed E-state index contributed by atoms with van der Waals surface area (Å²) < 4.78 is 43.6. The molecule has 0 aromatic heterocycles. The number of amides is 1. The first-order valence-electron chi connectivity index (χ1n) is 9.01. The van der Waals surface area contributed by atoms with E-state index in [1.165, 1.54) is 29.2 Å². The van der Waals surface area contributed by atoms with Gasteiger partial charge in [-0.3, -0.25) is 4.79 Å². The number of piperazine rings is 1. The Morgan fingerprint density at radius 1 is 1.07 bits per heavy atom. The Morgan fingerprint density at radius 3 is 2.40 bits per heavy atom. The van der Waals surface area contributed by atoms with Crippen molar-refractivity contribution >= 4 is 29.2 Å². The van der Waals surface area contributed by atoms with Gasteiger partial charge in [0, 0.05) is 36.9 Å². The second kappa shape index (κ2) is 8.83. The number of esters is 1. The molecule has 1 saturated heterocycles. The zero-order valence-corrected chi connectivity index (χ0v) is 16.4. The Kier molecular flexibility index (Phi) is 6.40.